The lowest BCUT2D eigenvalue weighted by Crippen LogP contribution is -2.35. The van der Waals surface area contributed by atoms with Gasteiger partial charge in [0.2, 0.25) is 0 Å². The second-order valence-electron chi connectivity index (χ2n) is 4.77. The zero-order valence-corrected chi connectivity index (χ0v) is 10.8. The molecule has 0 bridgehead atoms. The highest BCUT2D eigenvalue weighted by Crippen LogP contribution is 2.06. The molecule has 1 heterocycles. The van der Waals surface area contributed by atoms with Crippen LogP contribution in [-0.4, -0.2) is 34.0 Å². The van der Waals surface area contributed by atoms with Crippen LogP contribution in [0, 0.1) is 0 Å². The third-order valence-electron chi connectivity index (χ3n) is 1.85. The third kappa shape index (κ3) is 5.93. The molecule has 0 saturated heterocycles. The maximum Gasteiger partial charge on any atom is 0.408 e. The smallest absolute Gasteiger partial charge is 0.408 e. The van der Waals surface area contributed by atoms with Crippen LogP contribution in [0.25, 0.3) is 0 Å². The fraction of sp³-hybridized carbons (Fsp3) is 0.500. The summed E-state index contributed by atoms with van der Waals surface area (Å²) in [6.07, 6.45) is 2.51. The van der Waals surface area contributed by atoms with Gasteiger partial charge in [0.15, 0.2) is 5.78 Å². The predicted octanol–water partition coefficient (Wildman–Crippen LogP) is 1.11. The van der Waals surface area contributed by atoms with E-state index in [0.717, 1.165) is 0 Å². The normalized spacial score (nSPS) is 10.8. The van der Waals surface area contributed by atoms with Crippen LogP contribution < -0.4 is 5.32 Å². The van der Waals surface area contributed by atoms with Crippen molar-refractivity contribution in [2.45, 2.75) is 32.8 Å². The minimum absolute atomic E-state index is 0.0705. The van der Waals surface area contributed by atoms with Crippen molar-refractivity contribution in [3.05, 3.63) is 24.3 Å². The van der Waals surface area contributed by atoms with Gasteiger partial charge in [0, 0.05) is 6.20 Å². The van der Waals surface area contributed by atoms with E-state index >= 15 is 0 Å². The fourth-order valence-electron chi connectivity index (χ4n) is 1.17. The molecule has 1 amide bonds. The second-order valence-corrected chi connectivity index (χ2v) is 4.77. The van der Waals surface area contributed by atoms with Crippen LogP contribution in [0.5, 0.6) is 0 Å². The quantitative estimate of drug-likeness (QED) is 0.867. The van der Waals surface area contributed by atoms with Crippen molar-refractivity contribution in [3.8, 4) is 0 Å². The maximum absolute atomic E-state index is 11.6. The Hall–Kier alpha value is -1.98. The first-order valence-corrected chi connectivity index (χ1v) is 5.60. The van der Waals surface area contributed by atoms with Gasteiger partial charge in [0.05, 0.1) is 18.7 Å². The molecular formula is C12H17N3O3. The summed E-state index contributed by atoms with van der Waals surface area (Å²) >= 11 is 0. The third-order valence-corrected chi connectivity index (χ3v) is 1.85. The molecule has 0 aromatic carbocycles. The SMILES string of the molecule is CC(C)(C)OC(=O)NCC(=O)Cc1ccncn1. The summed E-state index contributed by atoms with van der Waals surface area (Å²) in [6.45, 7) is 5.21. The van der Waals surface area contributed by atoms with Crippen LogP contribution in [0.1, 0.15) is 26.5 Å². The predicted molar refractivity (Wildman–Crippen MR) is 65.0 cm³/mol. The van der Waals surface area contributed by atoms with Gasteiger partial charge in [-0.25, -0.2) is 14.8 Å². The number of amides is 1. The van der Waals surface area contributed by atoms with Crippen LogP contribution in [-0.2, 0) is 16.0 Å². The first-order chi connectivity index (χ1) is 8.37. The summed E-state index contributed by atoms with van der Waals surface area (Å²) in [5.74, 6) is -0.139. The largest absolute Gasteiger partial charge is 0.444 e. The number of nitrogens with zero attached hydrogens (tertiary/aromatic N) is 2. The van der Waals surface area contributed by atoms with Crippen LogP contribution in [0.4, 0.5) is 4.79 Å². The zero-order chi connectivity index (χ0) is 13.6. The molecule has 1 aromatic rings. The van der Waals surface area contributed by atoms with Gasteiger partial charge in [-0.3, -0.25) is 4.79 Å². The van der Waals surface area contributed by atoms with Gasteiger partial charge < -0.3 is 10.1 Å². The molecule has 1 aromatic heterocycles. The van der Waals surface area contributed by atoms with E-state index in [2.05, 4.69) is 15.3 Å². The molecule has 0 atom stereocenters. The minimum Gasteiger partial charge on any atom is -0.444 e. The lowest BCUT2D eigenvalue weighted by atomic mass is 10.2. The summed E-state index contributed by atoms with van der Waals surface area (Å²) < 4.78 is 5.01. The number of rotatable bonds is 4. The van der Waals surface area contributed by atoms with E-state index in [0.29, 0.717) is 5.69 Å². The Bertz CT molecular complexity index is 412. The molecule has 98 valence electrons. The lowest BCUT2D eigenvalue weighted by molar-refractivity contribution is -0.117. The van der Waals surface area contributed by atoms with Crippen molar-refractivity contribution in [2.24, 2.45) is 0 Å². The summed E-state index contributed by atoms with van der Waals surface area (Å²) in [7, 11) is 0. The standard InChI is InChI=1S/C12H17N3O3/c1-12(2,3)18-11(17)14-7-10(16)6-9-4-5-13-8-15-9/h4-5,8H,6-7H2,1-3H3,(H,14,17). The molecule has 1 N–H and O–H groups in total. The Morgan fingerprint density at radius 3 is 2.67 bits per heavy atom. The molecule has 0 aliphatic carbocycles. The summed E-state index contributed by atoms with van der Waals surface area (Å²) in [5, 5.41) is 2.41. The van der Waals surface area contributed by atoms with Crippen LogP contribution in [0.2, 0.25) is 0 Å². The first-order valence-electron chi connectivity index (χ1n) is 5.60. The Labute approximate surface area is 106 Å². The summed E-state index contributed by atoms with van der Waals surface area (Å²) in [4.78, 5) is 30.5. The Balaban J connectivity index is 2.32. The second kappa shape index (κ2) is 6.09. The molecule has 0 aliphatic rings. The average molecular weight is 251 g/mol. The number of alkyl carbamates (subject to hydrolysis) is 1. The van der Waals surface area contributed by atoms with E-state index < -0.39 is 11.7 Å². The number of carbonyl (C=O) groups is 2. The lowest BCUT2D eigenvalue weighted by Gasteiger charge is -2.19. The first kappa shape index (κ1) is 14.1. The highest BCUT2D eigenvalue weighted by atomic mass is 16.6. The van der Waals surface area contributed by atoms with Gasteiger partial charge >= 0.3 is 6.09 Å². The number of ether oxygens (including phenoxy) is 1. The molecule has 6 nitrogen and oxygen atoms in total. The van der Waals surface area contributed by atoms with E-state index in [-0.39, 0.29) is 18.7 Å². The van der Waals surface area contributed by atoms with E-state index in [4.69, 9.17) is 4.74 Å². The molecule has 0 spiro atoms. The minimum atomic E-state index is -0.599. The zero-order valence-electron chi connectivity index (χ0n) is 10.8. The molecule has 18 heavy (non-hydrogen) atoms. The monoisotopic (exact) mass is 251 g/mol. The Morgan fingerprint density at radius 1 is 1.39 bits per heavy atom. The topological polar surface area (TPSA) is 81.2 Å². The number of ketones is 1. The Morgan fingerprint density at radius 2 is 2.11 bits per heavy atom. The van der Waals surface area contributed by atoms with Gasteiger partial charge in [-0.2, -0.15) is 0 Å². The van der Waals surface area contributed by atoms with Crippen molar-refractivity contribution < 1.29 is 14.3 Å². The maximum atomic E-state index is 11.6. The number of aromatic nitrogens is 2. The Kier molecular flexibility index (Phi) is 4.76. The number of hydrogen-bond acceptors (Lipinski definition) is 5. The molecule has 0 radical (unpaired) electrons. The van der Waals surface area contributed by atoms with Crippen LogP contribution in [0.15, 0.2) is 18.6 Å². The van der Waals surface area contributed by atoms with E-state index in [1.165, 1.54) is 6.33 Å². The number of nitrogens with one attached hydrogen (secondary N) is 1. The van der Waals surface area contributed by atoms with Crippen molar-refractivity contribution >= 4 is 11.9 Å². The molecule has 6 heteroatoms. The summed E-state index contributed by atoms with van der Waals surface area (Å²) in [6, 6.07) is 1.66. The van der Waals surface area contributed by atoms with Gasteiger partial charge in [0.25, 0.3) is 0 Å². The number of Topliss-reactive ketones (excluding diaryl/α,β-unsaturated/α-hetero) is 1. The van der Waals surface area contributed by atoms with E-state index in [1.54, 1.807) is 33.0 Å². The number of hydrogen-bond donors (Lipinski definition) is 1. The van der Waals surface area contributed by atoms with Gasteiger partial charge in [0.1, 0.15) is 11.9 Å². The van der Waals surface area contributed by atoms with Gasteiger partial charge in [-0.05, 0) is 26.8 Å². The van der Waals surface area contributed by atoms with Crippen molar-refractivity contribution in [2.75, 3.05) is 6.54 Å². The van der Waals surface area contributed by atoms with Crippen LogP contribution >= 0.6 is 0 Å². The molecular weight excluding hydrogens is 234 g/mol. The van der Waals surface area contributed by atoms with Gasteiger partial charge in [-0.1, -0.05) is 0 Å². The highest BCUT2D eigenvalue weighted by Gasteiger charge is 2.16. The fourth-order valence-corrected chi connectivity index (χ4v) is 1.17. The highest BCUT2D eigenvalue weighted by molar-refractivity contribution is 5.85. The van der Waals surface area contributed by atoms with Crippen LogP contribution in [0.3, 0.4) is 0 Å². The molecule has 1 rings (SSSR count). The van der Waals surface area contributed by atoms with Crippen molar-refractivity contribution in [1.29, 1.82) is 0 Å². The molecule has 0 aliphatic heterocycles. The summed E-state index contributed by atoms with van der Waals surface area (Å²) in [5.41, 5.74) is 0.0563. The van der Waals surface area contributed by atoms with Crippen molar-refractivity contribution in [3.63, 3.8) is 0 Å². The molecule has 0 unspecified atom stereocenters. The molecule has 0 fully saturated rings. The average Bonchev–Trinajstić information content (AvgIpc) is 2.25. The van der Waals surface area contributed by atoms with Gasteiger partial charge in [-0.15, -0.1) is 0 Å². The van der Waals surface area contributed by atoms with E-state index in [1.807, 2.05) is 0 Å². The van der Waals surface area contributed by atoms with Crippen molar-refractivity contribution in [1.82, 2.24) is 15.3 Å². The van der Waals surface area contributed by atoms with E-state index in [9.17, 15) is 9.59 Å². The molecule has 0 saturated carbocycles. The number of carbonyl (C=O) groups excluding carboxylic acids is 2.